The van der Waals surface area contributed by atoms with Crippen molar-refractivity contribution in [2.45, 2.75) is 31.6 Å². The van der Waals surface area contributed by atoms with E-state index in [9.17, 15) is 0 Å². The number of rotatable bonds is 6. The lowest BCUT2D eigenvalue weighted by Crippen LogP contribution is -2.12. The first-order chi connectivity index (χ1) is 8.86. The van der Waals surface area contributed by atoms with Crippen LogP contribution in [0.15, 0.2) is 47.2 Å². The van der Waals surface area contributed by atoms with Crippen LogP contribution >= 0.6 is 11.6 Å². The van der Waals surface area contributed by atoms with Gasteiger partial charge in [-0.1, -0.05) is 42.4 Å². The van der Waals surface area contributed by atoms with Gasteiger partial charge in [-0.25, -0.2) is 0 Å². The summed E-state index contributed by atoms with van der Waals surface area (Å²) < 4.78 is 4.98. The van der Waals surface area contributed by atoms with E-state index in [0.717, 1.165) is 18.5 Å². The molecule has 3 heteroatoms. The van der Waals surface area contributed by atoms with E-state index in [1.807, 2.05) is 12.1 Å². The molecule has 0 aliphatic heterocycles. The number of hydrogen-bond acceptors (Lipinski definition) is 2. The van der Waals surface area contributed by atoms with E-state index in [0.29, 0.717) is 17.7 Å². The molecule has 1 heterocycles. The molecule has 2 nitrogen and oxygen atoms in total. The third-order valence-corrected chi connectivity index (χ3v) is 3.63. The normalized spacial score (nSPS) is 14.3. The van der Waals surface area contributed by atoms with Crippen LogP contribution in [0.4, 0.5) is 0 Å². The molecule has 2 atom stereocenters. The van der Waals surface area contributed by atoms with Crippen molar-refractivity contribution in [3.05, 3.63) is 53.9 Å². The minimum atomic E-state index is 0.366. The quantitative estimate of drug-likeness (QED) is 0.713. The number of hydrogen-bond donors (Lipinski definition) is 0. The Bertz CT molecular complexity index is 441. The molecule has 0 saturated carbocycles. The lowest BCUT2D eigenvalue weighted by Gasteiger charge is -2.24. The maximum atomic E-state index is 5.96. The van der Waals surface area contributed by atoms with Crippen molar-refractivity contribution in [2.75, 3.05) is 5.88 Å². The third kappa shape index (κ3) is 2.94. The first-order valence-electron chi connectivity index (χ1n) is 6.38. The molecule has 0 radical (unpaired) electrons. The van der Waals surface area contributed by atoms with Crippen LogP contribution in [0.3, 0.4) is 0 Å². The molecule has 1 aromatic carbocycles. The monoisotopic (exact) mass is 263 g/mol. The Morgan fingerprint density at radius 1 is 1.17 bits per heavy atom. The topological polar surface area (TPSA) is 26.0 Å². The van der Waals surface area contributed by atoms with Gasteiger partial charge in [-0.2, -0.15) is 0 Å². The number of alkyl halides is 1. The SMILES string of the molecule is CCC(c1ccon1)C(CCCl)c1ccccc1. The molecule has 0 saturated heterocycles. The second kappa shape index (κ2) is 6.60. The van der Waals surface area contributed by atoms with Gasteiger partial charge in [-0.05, 0) is 24.3 Å². The predicted molar refractivity (Wildman–Crippen MR) is 74.1 cm³/mol. The molecular formula is C15H18ClNO. The molecule has 2 aromatic rings. The maximum absolute atomic E-state index is 5.96. The number of aromatic nitrogens is 1. The van der Waals surface area contributed by atoms with Gasteiger partial charge in [0.15, 0.2) is 0 Å². The Morgan fingerprint density at radius 3 is 2.50 bits per heavy atom. The van der Waals surface area contributed by atoms with Gasteiger partial charge < -0.3 is 4.52 Å². The first kappa shape index (κ1) is 13.2. The van der Waals surface area contributed by atoms with Crippen LogP contribution in [0.1, 0.15) is 42.9 Å². The van der Waals surface area contributed by atoms with Crippen LogP contribution in [0.25, 0.3) is 0 Å². The molecule has 2 rings (SSSR count). The summed E-state index contributed by atoms with van der Waals surface area (Å²) >= 11 is 5.96. The number of halogens is 1. The molecule has 18 heavy (non-hydrogen) atoms. The van der Waals surface area contributed by atoms with E-state index in [4.69, 9.17) is 16.1 Å². The third-order valence-electron chi connectivity index (χ3n) is 3.41. The van der Waals surface area contributed by atoms with E-state index in [-0.39, 0.29) is 0 Å². The summed E-state index contributed by atoms with van der Waals surface area (Å²) in [5.41, 5.74) is 2.35. The Kier molecular flexibility index (Phi) is 4.82. The molecule has 0 amide bonds. The standard InChI is InChI=1S/C15H18ClNO/c1-2-13(15-9-11-18-17-15)14(8-10-16)12-6-4-3-5-7-12/h3-7,9,11,13-14H,2,8,10H2,1H3. The Morgan fingerprint density at radius 2 is 1.94 bits per heavy atom. The molecule has 0 spiro atoms. The zero-order valence-electron chi connectivity index (χ0n) is 10.6. The van der Waals surface area contributed by atoms with Crippen LogP contribution in [0.5, 0.6) is 0 Å². The van der Waals surface area contributed by atoms with E-state index in [2.05, 4.69) is 36.3 Å². The number of nitrogens with zero attached hydrogens (tertiary/aromatic N) is 1. The molecule has 96 valence electrons. The summed E-state index contributed by atoms with van der Waals surface area (Å²) in [6, 6.07) is 12.5. The Labute approximate surface area is 113 Å². The highest BCUT2D eigenvalue weighted by Gasteiger charge is 2.24. The van der Waals surface area contributed by atoms with Crippen LogP contribution in [0.2, 0.25) is 0 Å². The highest BCUT2D eigenvalue weighted by Crippen LogP contribution is 2.37. The van der Waals surface area contributed by atoms with Crippen molar-refractivity contribution in [3.8, 4) is 0 Å². The molecule has 0 aliphatic carbocycles. The highest BCUT2D eigenvalue weighted by molar-refractivity contribution is 6.17. The minimum absolute atomic E-state index is 0.366. The van der Waals surface area contributed by atoms with Crippen LogP contribution < -0.4 is 0 Å². The maximum Gasteiger partial charge on any atom is 0.124 e. The fourth-order valence-corrected chi connectivity index (χ4v) is 2.77. The van der Waals surface area contributed by atoms with E-state index < -0.39 is 0 Å². The van der Waals surface area contributed by atoms with Crippen molar-refractivity contribution in [1.82, 2.24) is 5.16 Å². The molecule has 0 N–H and O–H groups in total. The van der Waals surface area contributed by atoms with Gasteiger partial charge in [0.05, 0.1) is 5.69 Å². The van der Waals surface area contributed by atoms with Crippen molar-refractivity contribution in [1.29, 1.82) is 0 Å². The van der Waals surface area contributed by atoms with E-state index in [1.165, 1.54) is 5.56 Å². The van der Waals surface area contributed by atoms with Crippen molar-refractivity contribution in [3.63, 3.8) is 0 Å². The summed E-state index contributed by atoms with van der Waals surface area (Å²) in [5, 5.41) is 4.10. The predicted octanol–water partition coefficient (Wildman–Crippen LogP) is 4.58. The molecular weight excluding hydrogens is 246 g/mol. The van der Waals surface area contributed by atoms with Gasteiger partial charge in [-0.15, -0.1) is 11.6 Å². The lowest BCUT2D eigenvalue weighted by atomic mass is 9.80. The van der Waals surface area contributed by atoms with Crippen molar-refractivity contribution >= 4 is 11.6 Å². The molecule has 0 fully saturated rings. The molecule has 0 aliphatic rings. The average Bonchev–Trinajstić information content (AvgIpc) is 2.94. The summed E-state index contributed by atoms with van der Waals surface area (Å²) in [6.45, 7) is 2.18. The van der Waals surface area contributed by atoms with Crippen LogP contribution in [-0.4, -0.2) is 11.0 Å². The minimum Gasteiger partial charge on any atom is -0.365 e. The van der Waals surface area contributed by atoms with Gasteiger partial charge >= 0.3 is 0 Å². The van der Waals surface area contributed by atoms with E-state index in [1.54, 1.807) is 6.26 Å². The fourth-order valence-electron chi connectivity index (χ4n) is 2.53. The summed E-state index contributed by atoms with van der Waals surface area (Å²) in [4.78, 5) is 0. The van der Waals surface area contributed by atoms with Gasteiger partial charge in [0.25, 0.3) is 0 Å². The number of benzene rings is 1. The second-order valence-electron chi connectivity index (χ2n) is 4.43. The molecule has 1 aromatic heterocycles. The fraction of sp³-hybridized carbons (Fsp3) is 0.400. The zero-order chi connectivity index (χ0) is 12.8. The summed E-state index contributed by atoms with van der Waals surface area (Å²) in [6.07, 6.45) is 3.63. The smallest absolute Gasteiger partial charge is 0.124 e. The average molecular weight is 264 g/mol. The Balaban J connectivity index is 2.28. The summed E-state index contributed by atoms with van der Waals surface area (Å²) in [7, 11) is 0. The van der Waals surface area contributed by atoms with Gasteiger partial charge in [0.1, 0.15) is 6.26 Å². The molecule has 0 bridgehead atoms. The zero-order valence-corrected chi connectivity index (χ0v) is 11.3. The summed E-state index contributed by atoms with van der Waals surface area (Å²) in [5.74, 6) is 1.43. The van der Waals surface area contributed by atoms with Crippen molar-refractivity contribution in [2.24, 2.45) is 0 Å². The van der Waals surface area contributed by atoms with Crippen molar-refractivity contribution < 1.29 is 4.52 Å². The second-order valence-corrected chi connectivity index (χ2v) is 4.81. The van der Waals surface area contributed by atoms with Crippen LogP contribution in [0, 0.1) is 0 Å². The highest BCUT2D eigenvalue weighted by atomic mass is 35.5. The lowest BCUT2D eigenvalue weighted by molar-refractivity contribution is 0.392. The van der Waals surface area contributed by atoms with E-state index >= 15 is 0 Å². The largest absolute Gasteiger partial charge is 0.365 e. The van der Waals surface area contributed by atoms with Crippen LogP contribution in [-0.2, 0) is 0 Å². The first-order valence-corrected chi connectivity index (χ1v) is 6.91. The van der Waals surface area contributed by atoms with Gasteiger partial charge in [0.2, 0.25) is 0 Å². The Hall–Kier alpha value is -1.28. The molecule has 2 unspecified atom stereocenters. The van der Waals surface area contributed by atoms with Gasteiger partial charge in [0, 0.05) is 17.9 Å². The van der Waals surface area contributed by atoms with Gasteiger partial charge in [-0.3, -0.25) is 0 Å².